The molecule has 1 fully saturated rings. The van der Waals surface area contributed by atoms with Crippen LogP contribution in [-0.4, -0.2) is 29.6 Å². The molecular weight excluding hydrogens is 304 g/mol. The summed E-state index contributed by atoms with van der Waals surface area (Å²) in [5, 5.41) is 11.9. The van der Waals surface area contributed by atoms with Crippen LogP contribution in [0.2, 0.25) is 0 Å². The van der Waals surface area contributed by atoms with E-state index < -0.39 is 5.97 Å². The summed E-state index contributed by atoms with van der Waals surface area (Å²) in [5.41, 5.74) is 7.41. The Kier molecular flexibility index (Phi) is 7.25. The Bertz CT molecular complexity index is 534. The molecule has 24 heavy (non-hydrogen) atoms. The Morgan fingerprint density at radius 1 is 1.12 bits per heavy atom. The van der Waals surface area contributed by atoms with Crippen LogP contribution < -0.4 is 11.1 Å². The summed E-state index contributed by atoms with van der Waals surface area (Å²) >= 11 is 0. The van der Waals surface area contributed by atoms with Gasteiger partial charge in [-0.2, -0.15) is 0 Å². The molecule has 5 heteroatoms. The molecule has 0 spiro atoms. The summed E-state index contributed by atoms with van der Waals surface area (Å²) in [6.07, 6.45) is 6.76. The molecule has 5 nitrogen and oxygen atoms in total. The van der Waals surface area contributed by atoms with Crippen LogP contribution in [0.1, 0.15) is 60.9 Å². The Hall–Kier alpha value is -1.88. The first-order chi connectivity index (χ1) is 11.6. The zero-order valence-electron chi connectivity index (χ0n) is 14.2. The zero-order chi connectivity index (χ0) is 17.4. The van der Waals surface area contributed by atoms with Crippen molar-refractivity contribution in [3.63, 3.8) is 0 Å². The van der Waals surface area contributed by atoms with Gasteiger partial charge in [0.2, 0.25) is 0 Å². The first-order valence-corrected chi connectivity index (χ1v) is 8.90. The largest absolute Gasteiger partial charge is 0.481 e. The molecule has 2 rings (SSSR count). The lowest BCUT2D eigenvalue weighted by Crippen LogP contribution is -2.37. The number of aryl methyl sites for hydroxylation is 1. The summed E-state index contributed by atoms with van der Waals surface area (Å²) in [7, 11) is 0. The van der Waals surface area contributed by atoms with Gasteiger partial charge in [-0.25, -0.2) is 0 Å². The minimum absolute atomic E-state index is 0.0191. The van der Waals surface area contributed by atoms with Gasteiger partial charge < -0.3 is 16.2 Å². The van der Waals surface area contributed by atoms with Crippen molar-refractivity contribution >= 4 is 11.9 Å². The van der Waals surface area contributed by atoms with Crippen molar-refractivity contribution in [2.24, 2.45) is 11.7 Å². The number of carboxylic acid groups (broad SMARTS) is 1. The van der Waals surface area contributed by atoms with Crippen LogP contribution in [0.15, 0.2) is 24.3 Å². The van der Waals surface area contributed by atoms with E-state index in [0.29, 0.717) is 18.0 Å². The molecule has 0 aliphatic heterocycles. The van der Waals surface area contributed by atoms with E-state index in [0.717, 1.165) is 44.9 Å². The molecule has 0 heterocycles. The Labute approximate surface area is 143 Å². The molecule has 1 amide bonds. The lowest BCUT2D eigenvalue weighted by Gasteiger charge is -2.28. The van der Waals surface area contributed by atoms with Gasteiger partial charge in [0, 0.05) is 18.0 Å². The molecule has 0 bridgehead atoms. The number of benzene rings is 1. The van der Waals surface area contributed by atoms with E-state index in [1.807, 2.05) is 24.3 Å². The number of hydrogen-bond acceptors (Lipinski definition) is 3. The maximum atomic E-state index is 12.3. The van der Waals surface area contributed by atoms with E-state index in [4.69, 9.17) is 10.8 Å². The molecule has 1 saturated carbocycles. The quantitative estimate of drug-likeness (QED) is 0.682. The fourth-order valence-electron chi connectivity index (χ4n) is 3.32. The lowest BCUT2D eigenvalue weighted by molar-refractivity contribution is -0.137. The smallest absolute Gasteiger partial charge is 0.303 e. The monoisotopic (exact) mass is 332 g/mol. The van der Waals surface area contributed by atoms with Gasteiger partial charge in [0.1, 0.15) is 0 Å². The number of nitrogens with one attached hydrogen (secondary N) is 1. The third kappa shape index (κ3) is 5.96. The predicted molar refractivity (Wildman–Crippen MR) is 93.9 cm³/mol. The number of carbonyl (C=O) groups excluding carboxylic acids is 1. The average molecular weight is 332 g/mol. The van der Waals surface area contributed by atoms with Crippen LogP contribution in [0.4, 0.5) is 0 Å². The molecule has 4 N–H and O–H groups in total. The van der Waals surface area contributed by atoms with Crippen LogP contribution in [0.3, 0.4) is 0 Å². The molecule has 0 aromatic heterocycles. The van der Waals surface area contributed by atoms with Gasteiger partial charge in [-0.1, -0.05) is 12.1 Å². The molecule has 0 atom stereocenters. The number of aliphatic carboxylic acids is 1. The average Bonchev–Trinajstić information content (AvgIpc) is 2.59. The summed E-state index contributed by atoms with van der Waals surface area (Å²) in [4.78, 5) is 23.0. The number of hydrogen-bond donors (Lipinski definition) is 3. The van der Waals surface area contributed by atoms with Crippen molar-refractivity contribution < 1.29 is 14.7 Å². The topological polar surface area (TPSA) is 92.4 Å². The number of carboxylic acids is 1. The fourth-order valence-corrected chi connectivity index (χ4v) is 3.32. The molecule has 132 valence electrons. The Morgan fingerprint density at radius 3 is 2.38 bits per heavy atom. The van der Waals surface area contributed by atoms with Crippen LogP contribution in [0, 0.1) is 5.92 Å². The summed E-state index contributed by atoms with van der Waals surface area (Å²) in [5.74, 6) is -0.259. The summed E-state index contributed by atoms with van der Waals surface area (Å²) in [6.45, 7) is 0.678. The van der Waals surface area contributed by atoms with Crippen LogP contribution in [0.25, 0.3) is 0 Å². The van der Waals surface area contributed by atoms with Crippen molar-refractivity contribution in [2.45, 2.75) is 57.4 Å². The SMILES string of the molecule is NCCCc1ccc(C(=O)NC2CCC(CCC(=O)O)CC2)cc1. The van der Waals surface area contributed by atoms with E-state index >= 15 is 0 Å². The molecular formula is C19H28N2O3. The van der Waals surface area contributed by atoms with Crippen molar-refractivity contribution in [3.8, 4) is 0 Å². The maximum absolute atomic E-state index is 12.3. The van der Waals surface area contributed by atoms with Crippen LogP contribution in [0.5, 0.6) is 0 Å². The number of nitrogens with two attached hydrogens (primary N) is 1. The molecule has 0 unspecified atom stereocenters. The highest BCUT2D eigenvalue weighted by Crippen LogP contribution is 2.28. The van der Waals surface area contributed by atoms with E-state index in [1.165, 1.54) is 5.56 Å². The van der Waals surface area contributed by atoms with Crippen molar-refractivity contribution in [3.05, 3.63) is 35.4 Å². The van der Waals surface area contributed by atoms with E-state index in [-0.39, 0.29) is 18.4 Å². The highest BCUT2D eigenvalue weighted by molar-refractivity contribution is 5.94. The van der Waals surface area contributed by atoms with Gasteiger partial charge >= 0.3 is 5.97 Å². The lowest BCUT2D eigenvalue weighted by atomic mass is 9.83. The van der Waals surface area contributed by atoms with Crippen LogP contribution in [-0.2, 0) is 11.2 Å². The molecule has 0 saturated heterocycles. The predicted octanol–water partition coefficient (Wildman–Crippen LogP) is 2.73. The maximum Gasteiger partial charge on any atom is 0.303 e. The highest BCUT2D eigenvalue weighted by atomic mass is 16.4. The zero-order valence-corrected chi connectivity index (χ0v) is 14.2. The van der Waals surface area contributed by atoms with Gasteiger partial charge in [-0.15, -0.1) is 0 Å². The van der Waals surface area contributed by atoms with Gasteiger partial charge in [-0.05, 0) is 75.1 Å². The van der Waals surface area contributed by atoms with Gasteiger partial charge in [0.25, 0.3) is 5.91 Å². The first kappa shape index (κ1) is 18.5. The van der Waals surface area contributed by atoms with E-state index in [9.17, 15) is 9.59 Å². The second-order valence-electron chi connectivity index (χ2n) is 6.71. The molecule has 1 aromatic carbocycles. The summed E-state index contributed by atoms with van der Waals surface area (Å²) < 4.78 is 0. The number of amides is 1. The molecule has 0 radical (unpaired) electrons. The second kappa shape index (κ2) is 9.42. The standard InChI is InChI=1S/C19H28N2O3/c20-13-1-2-14-3-8-16(9-4-14)19(24)21-17-10-5-15(6-11-17)7-12-18(22)23/h3-4,8-9,15,17H,1-2,5-7,10-13,20H2,(H,21,24)(H,22,23). The normalized spacial score (nSPS) is 20.5. The van der Waals surface area contributed by atoms with Gasteiger partial charge in [-0.3, -0.25) is 9.59 Å². The third-order valence-electron chi connectivity index (χ3n) is 4.83. The van der Waals surface area contributed by atoms with Crippen molar-refractivity contribution in [2.75, 3.05) is 6.54 Å². The van der Waals surface area contributed by atoms with Gasteiger partial charge in [0.15, 0.2) is 0 Å². The van der Waals surface area contributed by atoms with Crippen LogP contribution >= 0.6 is 0 Å². The minimum Gasteiger partial charge on any atom is -0.481 e. The Balaban J connectivity index is 1.75. The fraction of sp³-hybridized carbons (Fsp3) is 0.579. The third-order valence-corrected chi connectivity index (χ3v) is 4.83. The molecule has 1 aromatic rings. The number of rotatable bonds is 8. The first-order valence-electron chi connectivity index (χ1n) is 8.90. The van der Waals surface area contributed by atoms with E-state index in [1.54, 1.807) is 0 Å². The van der Waals surface area contributed by atoms with Crippen molar-refractivity contribution in [1.82, 2.24) is 5.32 Å². The Morgan fingerprint density at radius 2 is 1.79 bits per heavy atom. The van der Waals surface area contributed by atoms with E-state index in [2.05, 4.69) is 5.32 Å². The molecule has 1 aliphatic carbocycles. The highest BCUT2D eigenvalue weighted by Gasteiger charge is 2.23. The minimum atomic E-state index is -0.722. The van der Waals surface area contributed by atoms with Crippen molar-refractivity contribution in [1.29, 1.82) is 0 Å². The summed E-state index contributed by atoms with van der Waals surface area (Å²) in [6, 6.07) is 7.94. The molecule has 1 aliphatic rings. The second-order valence-corrected chi connectivity index (χ2v) is 6.71. The number of carbonyl (C=O) groups is 2. The van der Waals surface area contributed by atoms with Gasteiger partial charge in [0.05, 0.1) is 0 Å².